The summed E-state index contributed by atoms with van der Waals surface area (Å²) in [7, 11) is 0. The van der Waals surface area contributed by atoms with Crippen LogP contribution in [0.25, 0.3) is 16.5 Å². The van der Waals surface area contributed by atoms with E-state index in [1.165, 1.54) is 0 Å². The van der Waals surface area contributed by atoms with E-state index in [2.05, 4.69) is 11.7 Å². The van der Waals surface area contributed by atoms with Gasteiger partial charge in [0.2, 0.25) is 0 Å². The molecule has 1 heterocycles. The van der Waals surface area contributed by atoms with Crippen molar-refractivity contribution in [1.29, 1.82) is 0 Å². The van der Waals surface area contributed by atoms with Crippen LogP contribution in [0.15, 0.2) is 34.1 Å². The largest absolute Gasteiger partial charge is 0.378 e. The highest BCUT2D eigenvalue weighted by atomic mass is 16.5. The van der Waals surface area contributed by atoms with Crippen molar-refractivity contribution in [2.75, 3.05) is 0 Å². The van der Waals surface area contributed by atoms with Gasteiger partial charge in [-0.2, -0.15) is 5.16 Å². The molecule has 1 aromatic heterocycles. The predicted octanol–water partition coefficient (Wildman–Crippen LogP) is 2.15. The molecule has 0 aliphatic rings. The number of rotatable bonds is 1. The Morgan fingerprint density at radius 1 is 1.54 bits per heavy atom. The van der Waals surface area contributed by atoms with Crippen LogP contribution in [0.1, 0.15) is 12.5 Å². The van der Waals surface area contributed by atoms with Crippen molar-refractivity contribution in [2.45, 2.75) is 6.92 Å². The van der Waals surface area contributed by atoms with Gasteiger partial charge in [0.15, 0.2) is 5.58 Å². The van der Waals surface area contributed by atoms with Crippen LogP contribution in [0, 0.1) is 0 Å². The van der Waals surface area contributed by atoms with Gasteiger partial charge in [-0.25, -0.2) is 0 Å². The van der Waals surface area contributed by atoms with Crippen LogP contribution >= 0.6 is 0 Å². The number of fused-ring (bicyclic) bond motifs is 1. The topological polar surface area (TPSA) is 46.0 Å². The molecule has 0 unspecified atom stereocenters. The molecule has 66 valence electrons. The quantitative estimate of drug-likeness (QED) is 0.721. The standard InChI is InChI=1S/C10H9NO2/c1-6(2)7-3-4-8-9(5-7)13-11-10(8)12/h3-5H,1H2,2H3,(H,11,12). The molecule has 0 aliphatic heterocycles. The van der Waals surface area contributed by atoms with Gasteiger partial charge in [0, 0.05) is 0 Å². The minimum absolute atomic E-state index is 0.191. The van der Waals surface area contributed by atoms with Gasteiger partial charge in [-0.1, -0.05) is 18.2 Å². The Kier molecular flexibility index (Phi) is 1.59. The smallest absolute Gasteiger partial charge is 0.287 e. The van der Waals surface area contributed by atoms with E-state index < -0.39 is 0 Å². The monoisotopic (exact) mass is 175 g/mol. The number of H-pyrrole nitrogens is 1. The van der Waals surface area contributed by atoms with Crippen LogP contribution in [0.3, 0.4) is 0 Å². The summed E-state index contributed by atoms with van der Waals surface area (Å²) in [5.41, 5.74) is 2.31. The Bertz CT molecular complexity index is 519. The number of allylic oxidation sites excluding steroid dienone is 1. The van der Waals surface area contributed by atoms with Crippen molar-refractivity contribution in [3.8, 4) is 0 Å². The molecule has 0 spiro atoms. The molecular formula is C10H9NO2. The zero-order chi connectivity index (χ0) is 9.42. The van der Waals surface area contributed by atoms with Crippen LogP contribution in [-0.4, -0.2) is 5.16 Å². The number of nitrogens with one attached hydrogen (secondary N) is 1. The van der Waals surface area contributed by atoms with Gasteiger partial charge in [-0.15, -0.1) is 0 Å². The third kappa shape index (κ3) is 1.18. The summed E-state index contributed by atoms with van der Waals surface area (Å²) >= 11 is 0. The van der Waals surface area contributed by atoms with E-state index in [1.54, 1.807) is 12.1 Å². The summed E-state index contributed by atoms with van der Waals surface area (Å²) in [5, 5.41) is 2.86. The second kappa shape index (κ2) is 2.62. The third-order valence-corrected chi connectivity index (χ3v) is 1.97. The molecule has 2 aromatic rings. The van der Waals surface area contributed by atoms with Crippen molar-refractivity contribution in [3.05, 3.63) is 40.7 Å². The van der Waals surface area contributed by atoms with Gasteiger partial charge < -0.3 is 4.52 Å². The van der Waals surface area contributed by atoms with Crippen LogP contribution in [0.2, 0.25) is 0 Å². The maximum absolute atomic E-state index is 11.1. The first kappa shape index (κ1) is 7.86. The van der Waals surface area contributed by atoms with E-state index in [0.717, 1.165) is 11.1 Å². The third-order valence-electron chi connectivity index (χ3n) is 1.97. The Morgan fingerprint density at radius 3 is 3.00 bits per heavy atom. The molecule has 2 rings (SSSR count). The van der Waals surface area contributed by atoms with Gasteiger partial charge in [0.05, 0.1) is 5.39 Å². The Labute approximate surface area is 74.6 Å². The van der Waals surface area contributed by atoms with Crippen molar-refractivity contribution < 1.29 is 4.52 Å². The van der Waals surface area contributed by atoms with Gasteiger partial charge >= 0.3 is 0 Å². The van der Waals surface area contributed by atoms with E-state index in [4.69, 9.17) is 4.52 Å². The maximum Gasteiger partial charge on any atom is 0.287 e. The van der Waals surface area contributed by atoms with Gasteiger partial charge in [-0.05, 0) is 24.6 Å². The van der Waals surface area contributed by atoms with Crippen molar-refractivity contribution in [3.63, 3.8) is 0 Å². The summed E-state index contributed by atoms with van der Waals surface area (Å²) in [6.07, 6.45) is 0. The minimum atomic E-state index is -0.191. The highest BCUT2D eigenvalue weighted by Crippen LogP contribution is 2.17. The van der Waals surface area contributed by atoms with Crippen molar-refractivity contribution in [1.82, 2.24) is 5.16 Å². The Balaban J connectivity index is 2.77. The van der Waals surface area contributed by atoms with E-state index in [1.807, 2.05) is 13.0 Å². The Hall–Kier alpha value is -1.77. The fourth-order valence-corrected chi connectivity index (χ4v) is 1.22. The molecule has 0 saturated heterocycles. The first-order chi connectivity index (χ1) is 6.18. The molecule has 3 heteroatoms. The lowest BCUT2D eigenvalue weighted by Gasteiger charge is -1.96. The van der Waals surface area contributed by atoms with Crippen LogP contribution in [0.5, 0.6) is 0 Å². The molecular weight excluding hydrogens is 166 g/mol. The Morgan fingerprint density at radius 2 is 2.31 bits per heavy atom. The zero-order valence-electron chi connectivity index (χ0n) is 7.26. The molecule has 0 amide bonds. The summed E-state index contributed by atoms with van der Waals surface area (Å²) < 4.78 is 4.96. The summed E-state index contributed by atoms with van der Waals surface area (Å²) in [6.45, 7) is 5.72. The highest BCUT2D eigenvalue weighted by Gasteiger charge is 2.03. The lowest BCUT2D eigenvalue weighted by atomic mass is 10.1. The molecule has 0 saturated carbocycles. The average Bonchev–Trinajstić information content (AvgIpc) is 2.47. The molecule has 0 atom stereocenters. The second-order valence-corrected chi connectivity index (χ2v) is 3.02. The SMILES string of the molecule is C=C(C)c1ccc2c(=O)[nH]oc2c1. The molecule has 1 N–H and O–H groups in total. The van der Waals surface area contributed by atoms with E-state index in [9.17, 15) is 4.79 Å². The minimum Gasteiger partial charge on any atom is -0.378 e. The summed E-state index contributed by atoms with van der Waals surface area (Å²) in [4.78, 5) is 11.1. The predicted molar refractivity (Wildman–Crippen MR) is 51.5 cm³/mol. The number of hydrogen-bond acceptors (Lipinski definition) is 2. The first-order valence-electron chi connectivity index (χ1n) is 3.95. The summed E-state index contributed by atoms with van der Waals surface area (Å²) in [5.74, 6) is 0. The molecule has 13 heavy (non-hydrogen) atoms. The number of hydrogen-bond donors (Lipinski definition) is 1. The maximum atomic E-state index is 11.1. The first-order valence-corrected chi connectivity index (χ1v) is 3.95. The van der Waals surface area contributed by atoms with Gasteiger partial charge in [0.25, 0.3) is 5.56 Å². The van der Waals surface area contributed by atoms with E-state index in [0.29, 0.717) is 11.0 Å². The number of benzene rings is 1. The van der Waals surface area contributed by atoms with Crippen LogP contribution in [-0.2, 0) is 0 Å². The lowest BCUT2D eigenvalue weighted by molar-refractivity contribution is 0.449. The molecule has 1 aromatic carbocycles. The zero-order valence-corrected chi connectivity index (χ0v) is 7.26. The van der Waals surface area contributed by atoms with E-state index >= 15 is 0 Å². The summed E-state index contributed by atoms with van der Waals surface area (Å²) in [6, 6.07) is 5.40. The molecule has 3 nitrogen and oxygen atoms in total. The molecule has 0 radical (unpaired) electrons. The fourth-order valence-electron chi connectivity index (χ4n) is 1.22. The average molecular weight is 175 g/mol. The number of aromatic amines is 1. The lowest BCUT2D eigenvalue weighted by Crippen LogP contribution is -1.95. The van der Waals surface area contributed by atoms with Gasteiger partial charge in [0.1, 0.15) is 0 Å². The van der Waals surface area contributed by atoms with Crippen molar-refractivity contribution in [2.24, 2.45) is 0 Å². The molecule has 0 fully saturated rings. The molecule has 0 aliphatic carbocycles. The fraction of sp³-hybridized carbons (Fsp3) is 0.100. The van der Waals surface area contributed by atoms with Gasteiger partial charge in [-0.3, -0.25) is 4.79 Å². The van der Waals surface area contributed by atoms with Crippen LogP contribution in [0.4, 0.5) is 0 Å². The highest BCUT2D eigenvalue weighted by molar-refractivity contribution is 5.80. The van der Waals surface area contributed by atoms with Crippen LogP contribution < -0.4 is 5.56 Å². The molecule has 0 bridgehead atoms. The normalized spacial score (nSPS) is 10.5. The van der Waals surface area contributed by atoms with E-state index in [-0.39, 0.29) is 5.56 Å². The van der Waals surface area contributed by atoms with Crippen molar-refractivity contribution >= 4 is 16.5 Å². The number of aromatic nitrogens is 1. The second-order valence-electron chi connectivity index (χ2n) is 3.02.